The first-order chi connectivity index (χ1) is 8.21. The number of hydrogen-bond acceptors (Lipinski definition) is 5. The number of anilines is 1. The normalized spacial score (nSPS) is 13.0. The second-order valence-electron chi connectivity index (χ2n) is 4.25. The molecule has 0 amide bonds. The molecule has 1 unspecified atom stereocenters. The number of aromatic nitrogens is 2. The molecule has 1 N–H and O–H groups in total. The van der Waals surface area contributed by atoms with Crippen molar-refractivity contribution in [2.45, 2.75) is 53.1 Å². The van der Waals surface area contributed by atoms with E-state index in [9.17, 15) is 0 Å². The molecule has 0 saturated heterocycles. The minimum absolute atomic E-state index is 0.607. The van der Waals surface area contributed by atoms with Gasteiger partial charge < -0.3 is 5.32 Å². The van der Waals surface area contributed by atoms with Gasteiger partial charge in [-0.3, -0.25) is 4.90 Å². The van der Waals surface area contributed by atoms with E-state index < -0.39 is 0 Å². The van der Waals surface area contributed by atoms with Crippen molar-refractivity contribution in [3.8, 4) is 0 Å². The van der Waals surface area contributed by atoms with Gasteiger partial charge in [0, 0.05) is 12.6 Å². The van der Waals surface area contributed by atoms with E-state index in [1.54, 1.807) is 11.3 Å². The number of hydrogen-bond donors (Lipinski definition) is 1. The molecular formula is C12H24N4S. The van der Waals surface area contributed by atoms with Gasteiger partial charge in [0.1, 0.15) is 5.01 Å². The lowest BCUT2D eigenvalue weighted by molar-refractivity contribution is 0.205. The van der Waals surface area contributed by atoms with Crippen LogP contribution < -0.4 is 5.32 Å². The van der Waals surface area contributed by atoms with Crippen LogP contribution in [0, 0.1) is 0 Å². The summed E-state index contributed by atoms with van der Waals surface area (Å²) in [5, 5.41) is 13.7. The van der Waals surface area contributed by atoms with E-state index in [4.69, 9.17) is 0 Å². The van der Waals surface area contributed by atoms with Gasteiger partial charge in [0.05, 0.1) is 6.54 Å². The lowest BCUT2D eigenvalue weighted by atomic mass is 10.2. The average Bonchev–Trinajstić information content (AvgIpc) is 2.80. The number of nitrogens with zero attached hydrogens (tertiary/aromatic N) is 3. The van der Waals surface area contributed by atoms with Crippen molar-refractivity contribution < 1.29 is 0 Å². The van der Waals surface area contributed by atoms with Crippen LogP contribution in [0.1, 0.15) is 45.5 Å². The number of nitrogens with one attached hydrogen (secondary N) is 1. The Labute approximate surface area is 108 Å². The predicted molar refractivity (Wildman–Crippen MR) is 74.5 cm³/mol. The third kappa shape index (κ3) is 4.60. The number of rotatable bonds is 8. The Morgan fingerprint density at radius 2 is 2.06 bits per heavy atom. The predicted octanol–water partition coefficient (Wildman–Crippen LogP) is 2.98. The molecule has 0 radical (unpaired) electrons. The summed E-state index contributed by atoms with van der Waals surface area (Å²) in [7, 11) is 0. The van der Waals surface area contributed by atoms with E-state index in [2.05, 4.69) is 48.1 Å². The Balaban J connectivity index is 2.52. The first kappa shape index (κ1) is 14.4. The summed E-state index contributed by atoms with van der Waals surface area (Å²) in [5.74, 6) is 0. The maximum Gasteiger partial charge on any atom is 0.205 e. The highest BCUT2D eigenvalue weighted by molar-refractivity contribution is 7.15. The molecule has 0 aromatic carbocycles. The standard InChI is InChI=1S/C12H24N4S/c1-5-8-13-12-15-14-11(17-12)9-16(7-3)10(4)6-2/h10H,5-9H2,1-4H3,(H,13,15). The van der Waals surface area contributed by atoms with Crippen molar-refractivity contribution in [1.29, 1.82) is 0 Å². The van der Waals surface area contributed by atoms with Crippen LogP contribution in [0.3, 0.4) is 0 Å². The van der Waals surface area contributed by atoms with E-state index in [1.807, 2.05) is 0 Å². The third-order valence-electron chi connectivity index (χ3n) is 2.95. The zero-order valence-corrected chi connectivity index (χ0v) is 12.2. The fraction of sp³-hybridized carbons (Fsp3) is 0.833. The molecule has 0 bridgehead atoms. The highest BCUT2D eigenvalue weighted by Gasteiger charge is 2.13. The molecule has 0 spiro atoms. The molecule has 98 valence electrons. The Hall–Kier alpha value is -0.680. The molecule has 4 nitrogen and oxygen atoms in total. The molecule has 1 aromatic rings. The average molecular weight is 256 g/mol. The Morgan fingerprint density at radius 1 is 1.29 bits per heavy atom. The lowest BCUT2D eigenvalue weighted by Gasteiger charge is -2.25. The maximum atomic E-state index is 4.24. The largest absolute Gasteiger partial charge is 0.360 e. The summed E-state index contributed by atoms with van der Waals surface area (Å²) >= 11 is 1.67. The van der Waals surface area contributed by atoms with E-state index >= 15 is 0 Å². The van der Waals surface area contributed by atoms with E-state index in [1.165, 1.54) is 6.42 Å². The van der Waals surface area contributed by atoms with Crippen molar-refractivity contribution in [1.82, 2.24) is 15.1 Å². The maximum absolute atomic E-state index is 4.24. The zero-order valence-electron chi connectivity index (χ0n) is 11.4. The minimum atomic E-state index is 0.607. The van der Waals surface area contributed by atoms with Crippen molar-refractivity contribution >= 4 is 16.5 Å². The summed E-state index contributed by atoms with van der Waals surface area (Å²) in [6.07, 6.45) is 2.29. The fourth-order valence-corrected chi connectivity index (χ4v) is 2.42. The summed E-state index contributed by atoms with van der Waals surface area (Å²) in [6, 6.07) is 0.607. The third-order valence-corrected chi connectivity index (χ3v) is 3.82. The van der Waals surface area contributed by atoms with Crippen molar-refractivity contribution in [2.75, 3.05) is 18.4 Å². The molecule has 0 fully saturated rings. The van der Waals surface area contributed by atoms with Gasteiger partial charge in [0.25, 0.3) is 0 Å². The minimum Gasteiger partial charge on any atom is -0.360 e. The van der Waals surface area contributed by atoms with Crippen LogP contribution in [-0.4, -0.2) is 34.2 Å². The second kappa shape index (κ2) is 7.61. The molecule has 0 aliphatic heterocycles. The SMILES string of the molecule is CCCNc1nnc(CN(CC)C(C)CC)s1. The van der Waals surface area contributed by atoms with E-state index in [0.717, 1.165) is 36.2 Å². The van der Waals surface area contributed by atoms with Crippen LogP contribution >= 0.6 is 11.3 Å². The van der Waals surface area contributed by atoms with Crippen LogP contribution in [0.2, 0.25) is 0 Å². The summed E-state index contributed by atoms with van der Waals surface area (Å²) < 4.78 is 0. The summed E-state index contributed by atoms with van der Waals surface area (Å²) in [6.45, 7) is 11.8. The zero-order chi connectivity index (χ0) is 12.7. The first-order valence-electron chi connectivity index (χ1n) is 6.51. The van der Waals surface area contributed by atoms with Gasteiger partial charge in [-0.1, -0.05) is 32.1 Å². The van der Waals surface area contributed by atoms with Gasteiger partial charge in [-0.05, 0) is 26.3 Å². The highest BCUT2D eigenvalue weighted by Crippen LogP contribution is 2.18. The monoisotopic (exact) mass is 256 g/mol. The summed E-state index contributed by atoms with van der Waals surface area (Å²) in [4.78, 5) is 2.43. The molecular weight excluding hydrogens is 232 g/mol. The van der Waals surface area contributed by atoms with E-state index in [0.29, 0.717) is 6.04 Å². The Bertz CT molecular complexity index is 313. The van der Waals surface area contributed by atoms with Crippen molar-refractivity contribution in [3.05, 3.63) is 5.01 Å². The molecule has 0 saturated carbocycles. The molecule has 0 aliphatic carbocycles. The van der Waals surface area contributed by atoms with Crippen molar-refractivity contribution in [3.63, 3.8) is 0 Å². The first-order valence-corrected chi connectivity index (χ1v) is 7.33. The van der Waals surface area contributed by atoms with Crippen LogP contribution in [-0.2, 0) is 6.54 Å². The fourth-order valence-electron chi connectivity index (χ4n) is 1.63. The quantitative estimate of drug-likeness (QED) is 0.776. The molecule has 17 heavy (non-hydrogen) atoms. The van der Waals surface area contributed by atoms with Gasteiger partial charge in [0.2, 0.25) is 5.13 Å². The topological polar surface area (TPSA) is 41.1 Å². The molecule has 1 rings (SSSR count). The molecule has 1 aromatic heterocycles. The van der Waals surface area contributed by atoms with Gasteiger partial charge >= 0.3 is 0 Å². The van der Waals surface area contributed by atoms with Crippen LogP contribution in [0.25, 0.3) is 0 Å². The molecule has 0 aliphatic rings. The van der Waals surface area contributed by atoms with Crippen molar-refractivity contribution in [2.24, 2.45) is 0 Å². The Kier molecular flexibility index (Phi) is 6.44. The smallest absolute Gasteiger partial charge is 0.205 e. The molecule has 1 atom stereocenters. The van der Waals surface area contributed by atoms with Gasteiger partial charge in [-0.15, -0.1) is 10.2 Å². The molecule has 5 heteroatoms. The van der Waals surface area contributed by atoms with Crippen LogP contribution in [0.15, 0.2) is 0 Å². The molecule has 1 heterocycles. The highest BCUT2D eigenvalue weighted by atomic mass is 32.1. The van der Waals surface area contributed by atoms with Gasteiger partial charge in [0.15, 0.2) is 0 Å². The van der Waals surface area contributed by atoms with Crippen LogP contribution in [0.5, 0.6) is 0 Å². The van der Waals surface area contributed by atoms with Gasteiger partial charge in [-0.25, -0.2) is 0 Å². The second-order valence-corrected chi connectivity index (χ2v) is 5.31. The summed E-state index contributed by atoms with van der Waals surface area (Å²) in [5.41, 5.74) is 0. The van der Waals surface area contributed by atoms with Gasteiger partial charge in [-0.2, -0.15) is 0 Å². The lowest BCUT2D eigenvalue weighted by Crippen LogP contribution is -2.31. The van der Waals surface area contributed by atoms with E-state index in [-0.39, 0.29) is 0 Å². The Morgan fingerprint density at radius 3 is 2.65 bits per heavy atom. The van der Waals surface area contributed by atoms with Crippen LogP contribution in [0.4, 0.5) is 5.13 Å².